The van der Waals surface area contributed by atoms with Crippen molar-refractivity contribution in [1.29, 1.82) is 0 Å². The summed E-state index contributed by atoms with van der Waals surface area (Å²) in [6.45, 7) is 1.22. The van der Waals surface area contributed by atoms with Crippen molar-refractivity contribution >= 4 is 54.8 Å². The van der Waals surface area contributed by atoms with Crippen LogP contribution in [0.25, 0.3) is 0 Å². The van der Waals surface area contributed by atoms with Crippen molar-refractivity contribution in [2.24, 2.45) is 0 Å². The van der Waals surface area contributed by atoms with Crippen molar-refractivity contribution in [3.8, 4) is 11.5 Å². The molecule has 0 amide bonds. The Morgan fingerprint density at radius 1 is 0.868 bits per heavy atom. The Morgan fingerprint density at radius 3 is 2.05 bits per heavy atom. The molecule has 4 rings (SSSR count). The largest absolute Gasteiger partial charge is 0.493 e. The summed E-state index contributed by atoms with van der Waals surface area (Å²) in [5, 5.41) is 3.65. The van der Waals surface area contributed by atoms with Gasteiger partial charge in [0.25, 0.3) is 10.0 Å². The maximum Gasteiger partial charge on any atom is 0.261 e. The van der Waals surface area contributed by atoms with Gasteiger partial charge in [-0.1, -0.05) is 11.6 Å². The van der Waals surface area contributed by atoms with Crippen LogP contribution in [0.1, 0.15) is 5.56 Å². The third-order valence-corrected chi connectivity index (χ3v) is 10.4. The number of halogens is 1. The van der Waals surface area contributed by atoms with Gasteiger partial charge in [0.15, 0.2) is 11.5 Å². The molecule has 1 fully saturated rings. The van der Waals surface area contributed by atoms with Gasteiger partial charge in [0, 0.05) is 47.9 Å². The summed E-state index contributed by atoms with van der Waals surface area (Å²) in [7, 11) is -4.50. The third kappa shape index (κ3) is 6.49. The number of anilines is 2. The second-order valence-electron chi connectivity index (χ2n) is 8.32. The van der Waals surface area contributed by atoms with E-state index in [2.05, 4.69) is 10.0 Å². The van der Waals surface area contributed by atoms with Gasteiger partial charge in [-0.3, -0.25) is 4.72 Å². The lowest BCUT2D eigenvalue weighted by molar-refractivity contribution is 0.355. The molecule has 0 saturated carbocycles. The van der Waals surface area contributed by atoms with Crippen LogP contribution in [0.3, 0.4) is 0 Å². The van der Waals surface area contributed by atoms with Crippen LogP contribution >= 0.6 is 23.4 Å². The molecular formula is C25H28ClN3O6S3. The van der Waals surface area contributed by atoms with E-state index in [-0.39, 0.29) is 16.3 Å². The zero-order valence-corrected chi connectivity index (χ0v) is 24.0. The standard InChI is InChI=1S/C25H28ClN3O6S3/c1-34-24-15-18(23(16-25(24)35-2)28-37(30,31)21-7-3-19(26)4-8-21)17-27-20-5-9-22(10-6-20)38(32,33)29-11-13-36-14-12-29/h3-10,15-16,27-28H,11-14,17H2,1-2H3. The molecule has 38 heavy (non-hydrogen) atoms. The monoisotopic (exact) mass is 597 g/mol. The van der Waals surface area contributed by atoms with Gasteiger partial charge in [-0.05, 0) is 60.2 Å². The van der Waals surface area contributed by atoms with E-state index in [1.54, 1.807) is 48.2 Å². The minimum Gasteiger partial charge on any atom is -0.493 e. The fraction of sp³-hybridized carbons (Fsp3) is 0.280. The van der Waals surface area contributed by atoms with Crippen LogP contribution in [-0.2, 0) is 26.6 Å². The predicted molar refractivity (Wildman–Crippen MR) is 152 cm³/mol. The van der Waals surface area contributed by atoms with Crippen molar-refractivity contribution in [1.82, 2.24) is 4.31 Å². The van der Waals surface area contributed by atoms with Gasteiger partial charge in [0.2, 0.25) is 10.0 Å². The molecule has 0 radical (unpaired) electrons. The molecule has 1 saturated heterocycles. The van der Waals surface area contributed by atoms with Gasteiger partial charge in [0.05, 0.1) is 29.7 Å². The van der Waals surface area contributed by atoms with Gasteiger partial charge >= 0.3 is 0 Å². The van der Waals surface area contributed by atoms with Crippen LogP contribution in [0.5, 0.6) is 11.5 Å². The molecule has 0 spiro atoms. The first-order chi connectivity index (χ1) is 18.1. The number of thioether (sulfide) groups is 1. The lowest BCUT2D eigenvalue weighted by Crippen LogP contribution is -2.37. The Labute approximate surface area is 232 Å². The Hall–Kier alpha value is -2.64. The Bertz CT molecular complexity index is 1480. The van der Waals surface area contributed by atoms with E-state index in [1.165, 1.54) is 42.8 Å². The maximum atomic E-state index is 13.0. The predicted octanol–water partition coefficient (Wildman–Crippen LogP) is 4.51. The first kappa shape index (κ1) is 28.4. The highest BCUT2D eigenvalue weighted by atomic mass is 35.5. The van der Waals surface area contributed by atoms with Crippen molar-refractivity contribution in [2.45, 2.75) is 16.3 Å². The zero-order chi connectivity index (χ0) is 27.3. The second kappa shape index (κ2) is 12.0. The molecule has 0 aliphatic carbocycles. The molecule has 0 aromatic heterocycles. The fourth-order valence-corrected chi connectivity index (χ4v) is 7.65. The van der Waals surface area contributed by atoms with Crippen LogP contribution in [0, 0.1) is 0 Å². The SMILES string of the molecule is COc1cc(CNc2ccc(S(=O)(=O)N3CCSCC3)cc2)c(NS(=O)(=O)c2ccc(Cl)cc2)cc1OC. The van der Waals surface area contributed by atoms with Crippen LogP contribution in [0.15, 0.2) is 70.5 Å². The Balaban J connectivity index is 1.56. The maximum absolute atomic E-state index is 13.0. The molecule has 3 aromatic rings. The van der Waals surface area contributed by atoms with E-state index in [9.17, 15) is 16.8 Å². The molecular weight excluding hydrogens is 570 g/mol. The normalized spacial score (nSPS) is 14.6. The van der Waals surface area contributed by atoms with Crippen LogP contribution in [0.4, 0.5) is 11.4 Å². The molecule has 9 nitrogen and oxygen atoms in total. The smallest absolute Gasteiger partial charge is 0.261 e. The molecule has 1 aliphatic heterocycles. The fourth-order valence-electron chi connectivity index (χ4n) is 3.86. The highest BCUT2D eigenvalue weighted by Crippen LogP contribution is 2.35. The summed E-state index contributed by atoms with van der Waals surface area (Å²) in [4.78, 5) is 0.289. The number of methoxy groups -OCH3 is 2. The number of hydrogen-bond acceptors (Lipinski definition) is 8. The highest BCUT2D eigenvalue weighted by Gasteiger charge is 2.26. The number of ether oxygens (including phenoxy) is 2. The first-order valence-electron chi connectivity index (χ1n) is 11.6. The molecule has 13 heteroatoms. The van der Waals surface area contributed by atoms with Gasteiger partial charge in [-0.15, -0.1) is 0 Å². The van der Waals surface area contributed by atoms with Crippen molar-refractivity contribution in [3.63, 3.8) is 0 Å². The van der Waals surface area contributed by atoms with E-state index >= 15 is 0 Å². The minimum atomic E-state index is -3.92. The number of hydrogen-bond donors (Lipinski definition) is 2. The Morgan fingerprint density at radius 2 is 1.45 bits per heavy atom. The van der Waals surface area contributed by atoms with E-state index in [0.29, 0.717) is 46.5 Å². The van der Waals surface area contributed by atoms with Gasteiger partial charge in [-0.25, -0.2) is 16.8 Å². The van der Waals surface area contributed by atoms with E-state index in [0.717, 1.165) is 11.5 Å². The summed E-state index contributed by atoms with van der Waals surface area (Å²) in [6.07, 6.45) is 0. The number of rotatable bonds is 10. The molecule has 0 atom stereocenters. The highest BCUT2D eigenvalue weighted by molar-refractivity contribution is 7.99. The molecule has 0 unspecified atom stereocenters. The average molecular weight is 598 g/mol. The summed E-state index contributed by atoms with van der Waals surface area (Å²) >= 11 is 7.65. The topological polar surface area (TPSA) is 114 Å². The lowest BCUT2D eigenvalue weighted by atomic mass is 10.1. The second-order valence-corrected chi connectivity index (χ2v) is 13.6. The number of nitrogens with one attached hydrogen (secondary N) is 2. The van der Waals surface area contributed by atoms with E-state index in [4.69, 9.17) is 21.1 Å². The molecule has 204 valence electrons. The molecule has 1 heterocycles. The van der Waals surface area contributed by atoms with E-state index < -0.39 is 20.0 Å². The third-order valence-electron chi connectivity index (χ3n) is 5.92. The van der Waals surface area contributed by atoms with Crippen LogP contribution in [-0.4, -0.2) is 60.0 Å². The van der Waals surface area contributed by atoms with Crippen LogP contribution < -0.4 is 19.5 Å². The van der Waals surface area contributed by atoms with Gasteiger partial charge in [0.1, 0.15) is 0 Å². The van der Waals surface area contributed by atoms with E-state index in [1.807, 2.05) is 0 Å². The summed E-state index contributed by atoms with van der Waals surface area (Å²) in [5.74, 6) is 2.36. The summed E-state index contributed by atoms with van der Waals surface area (Å²) in [5.41, 5.74) is 1.55. The molecule has 3 aromatic carbocycles. The first-order valence-corrected chi connectivity index (χ1v) is 16.0. The quantitative estimate of drug-likeness (QED) is 0.351. The molecule has 2 N–H and O–H groups in total. The van der Waals surface area contributed by atoms with Crippen molar-refractivity contribution in [2.75, 3.05) is 48.9 Å². The van der Waals surface area contributed by atoms with Gasteiger partial charge in [-0.2, -0.15) is 16.1 Å². The van der Waals surface area contributed by atoms with Crippen molar-refractivity contribution in [3.05, 3.63) is 71.2 Å². The zero-order valence-electron chi connectivity index (χ0n) is 20.8. The van der Waals surface area contributed by atoms with Crippen LogP contribution in [0.2, 0.25) is 5.02 Å². The lowest BCUT2D eigenvalue weighted by Gasteiger charge is -2.25. The average Bonchev–Trinajstić information content (AvgIpc) is 2.92. The van der Waals surface area contributed by atoms with Crippen molar-refractivity contribution < 1.29 is 26.3 Å². The number of sulfonamides is 2. The minimum absolute atomic E-state index is 0.0553. The van der Waals surface area contributed by atoms with Gasteiger partial charge < -0.3 is 14.8 Å². The summed E-state index contributed by atoms with van der Waals surface area (Å²) < 4.78 is 66.8. The number of nitrogens with zero attached hydrogens (tertiary/aromatic N) is 1. The molecule has 1 aliphatic rings. The molecule has 0 bridgehead atoms. The Kier molecular flexibility index (Phi) is 8.99. The summed E-state index contributed by atoms with van der Waals surface area (Å²) in [6, 6.07) is 15.6. The number of benzene rings is 3.